The van der Waals surface area contributed by atoms with Crippen molar-refractivity contribution in [3.63, 3.8) is 0 Å². The van der Waals surface area contributed by atoms with Gasteiger partial charge in [0.2, 0.25) is 5.91 Å². The average molecular weight is 267 g/mol. The standard InChI is InChI=1S/C16H29NO2/c1-12-6-9-16(19,10-7-12)11-17-14(18)13-5-4-8-15(13,2)3/h12-13,19H,4-11H2,1-3H3,(H,17,18). The zero-order chi connectivity index (χ0) is 14.1. The topological polar surface area (TPSA) is 49.3 Å². The van der Waals surface area contributed by atoms with E-state index in [9.17, 15) is 9.90 Å². The van der Waals surface area contributed by atoms with Crippen LogP contribution in [0.2, 0.25) is 0 Å². The van der Waals surface area contributed by atoms with Crippen molar-refractivity contribution in [3.8, 4) is 0 Å². The van der Waals surface area contributed by atoms with Gasteiger partial charge in [0.15, 0.2) is 0 Å². The highest BCUT2D eigenvalue weighted by Crippen LogP contribution is 2.42. The summed E-state index contributed by atoms with van der Waals surface area (Å²) < 4.78 is 0. The van der Waals surface area contributed by atoms with Gasteiger partial charge in [0.05, 0.1) is 5.60 Å². The van der Waals surface area contributed by atoms with Crippen molar-refractivity contribution in [2.45, 2.75) is 71.3 Å². The Morgan fingerprint density at radius 2 is 1.84 bits per heavy atom. The lowest BCUT2D eigenvalue weighted by Gasteiger charge is -2.36. The van der Waals surface area contributed by atoms with E-state index in [4.69, 9.17) is 0 Å². The molecule has 0 aliphatic heterocycles. The molecular formula is C16H29NO2. The van der Waals surface area contributed by atoms with Crippen LogP contribution in [0.15, 0.2) is 0 Å². The molecule has 3 heteroatoms. The van der Waals surface area contributed by atoms with Gasteiger partial charge in [-0.1, -0.05) is 27.2 Å². The summed E-state index contributed by atoms with van der Waals surface area (Å²) in [6.45, 7) is 7.03. The van der Waals surface area contributed by atoms with Crippen LogP contribution in [-0.4, -0.2) is 23.2 Å². The van der Waals surface area contributed by atoms with E-state index < -0.39 is 5.60 Å². The first-order chi connectivity index (χ1) is 8.82. The number of hydrogen-bond acceptors (Lipinski definition) is 2. The number of carbonyl (C=O) groups is 1. The largest absolute Gasteiger partial charge is 0.388 e. The molecule has 0 aromatic heterocycles. The second-order valence-electron chi connectivity index (χ2n) is 7.56. The van der Waals surface area contributed by atoms with Gasteiger partial charge in [-0.05, 0) is 49.9 Å². The maximum absolute atomic E-state index is 12.3. The average Bonchev–Trinajstić information content (AvgIpc) is 2.70. The highest BCUT2D eigenvalue weighted by molar-refractivity contribution is 5.79. The van der Waals surface area contributed by atoms with Crippen molar-refractivity contribution in [3.05, 3.63) is 0 Å². The molecule has 110 valence electrons. The Morgan fingerprint density at radius 1 is 1.21 bits per heavy atom. The number of rotatable bonds is 3. The van der Waals surface area contributed by atoms with Crippen LogP contribution in [0.1, 0.15) is 65.7 Å². The molecule has 0 radical (unpaired) electrons. The molecule has 0 saturated heterocycles. The maximum atomic E-state index is 12.3. The zero-order valence-corrected chi connectivity index (χ0v) is 12.7. The van der Waals surface area contributed by atoms with E-state index >= 15 is 0 Å². The summed E-state index contributed by atoms with van der Waals surface area (Å²) in [5.41, 5.74) is -0.543. The van der Waals surface area contributed by atoms with Crippen molar-refractivity contribution < 1.29 is 9.90 Å². The summed E-state index contributed by atoms with van der Waals surface area (Å²) in [5, 5.41) is 13.5. The van der Waals surface area contributed by atoms with E-state index in [1.165, 1.54) is 0 Å². The van der Waals surface area contributed by atoms with Crippen molar-refractivity contribution >= 4 is 5.91 Å². The molecule has 1 amide bonds. The minimum atomic E-state index is -0.662. The molecule has 0 bridgehead atoms. The van der Waals surface area contributed by atoms with Gasteiger partial charge in [-0.2, -0.15) is 0 Å². The van der Waals surface area contributed by atoms with Crippen molar-refractivity contribution in [2.24, 2.45) is 17.3 Å². The van der Waals surface area contributed by atoms with Crippen LogP contribution in [0, 0.1) is 17.3 Å². The Bertz CT molecular complexity index is 330. The molecule has 1 unspecified atom stereocenters. The molecule has 19 heavy (non-hydrogen) atoms. The first-order valence-corrected chi connectivity index (χ1v) is 7.82. The molecular weight excluding hydrogens is 238 g/mol. The number of carbonyl (C=O) groups excluding carboxylic acids is 1. The molecule has 0 aromatic rings. The Balaban J connectivity index is 1.83. The van der Waals surface area contributed by atoms with Crippen LogP contribution in [0.5, 0.6) is 0 Å². The SMILES string of the molecule is CC1CCC(O)(CNC(=O)C2CCCC2(C)C)CC1. The van der Waals surface area contributed by atoms with Crippen molar-refractivity contribution in [1.29, 1.82) is 0 Å². The number of hydrogen-bond donors (Lipinski definition) is 2. The third-order valence-corrected chi connectivity index (χ3v) is 5.37. The smallest absolute Gasteiger partial charge is 0.223 e. The van der Waals surface area contributed by atoms with E-state index in [2.05, 4.69) is 26.1 Å². The number of amides is 1. The summed E-state index contributed by atoms with van der Waals surface area (Å²) in [6.07, 6.45) is 7.06. The maximum Gasteiger partial charge on any atom is 0.223 e. The van der Waals surface area contributed by atoms with E-state index in [1.54, 1.807) is 0 Å². The molecule has 0 spiro atoms. The fourth-order valence-corrected chi connectivity index (χ4v) is 3.66. The highest BCUT2D eigenvalue weighted by atomic mass is 16.3. The van der Waals surface area contributed by atoms with Gasteiger partial charge in [0, 0.05) is 12.5 Å². The Hall–Kier alpha value is -0.570. The van der Waals surface area contributed by atoms with E-state index in [-0.39, 0.29) is 17.2 Å². The van der Waals surface area contributed by atoms with Crippen LogP contribution < -0.4 is 5.32 Å². The van der Waals surface area contributed by atoms with Gasteiger partial charge < -0.3 is 10.4 Å². The van der Waals surface area contributed by atoms with Crippen LogP contribution >= 0.6 is 0 Å². The predicted octanol–water partition coefficient (Wildman–Crippen LogP) is 2.87. The number of nitrogens with one attached hydrogen (secondary N) is 1. The third kappa shape index (κ3) is 3.50. The van der Waals surface area contributed by atoms with E-state index in [0.29, 0.717) is 12.5 Å². The normalized spacial score (nSPS) is 38.1. The lowest BCUT2D eigenvalue weighted by Crippen LogP contribution is -2.47. The minimum absolute atomic E-state index is 0.119. The van der Waals surface area contributed by atoms with Crippen LogP contribution in [-0.2, 0) is 4.79 Å². The van der Waals surface area contributed by atoms with Gasteiger partial charge in [-0.3, -0.25) is 4.79 Å². The summed E-state index contributed by atoms with van der Waals surface area (Å²) >= 11 is 0. The molecule has 3 nitrogen and oxygen atoms in total. The van der Waals surface area contributed by atoms with Crippen molar-refractivity contribution in [2.75, 3.05) is 6.54 Å². The summed E-state index contributed by atoms with van der Waals surface area (Å²) in [5.74, 6) is 0.984. The second-order valence-corrected chi connectivity index (χ2v) is 7.56. The summed E-state index contributed by atoms with van der Waals surface area (Å²) in [6, 6.07) is 0. The van der Waals surface area contributed by atoms with Gasteiger partial charge in [0.1, 0.15) is 0 Å². The van der Waals surface area contributed by atoms with Gasteiger partial charge in [-0.15, -0.1) is 0 Å². The van der Waals surface area contributed by atoms with Crippen LogP contribution in [0.4, 0.5) is 0 Å². The third-order valence-electron chi connectivity index (χ3n) is 5.37. The Morgan fingerprint density at radius 3 is 2.37 bits per heavy atom. The van der Waals surface area contributed by atoms with Gasteiger partial charge in [-0.25, -0.2) is 0 Å². The number of aliphatic hydroxyl groups is 1. The molecule has 2 aliphatic rings. The molecule has 0 aromatic carbocycles. The fraction of sp³-hybridized carbons (Fsp3) is 0.938. The van der Waals surface area contributed by atoms with Crippen LogP contribution in [0.25, 0.3) is 0 Å². The monoisotopic (exact) mass is 267 g/mol. The summed E-state index contributed by atoms with van der Waals surface area (Å²) in [4.78, 5) is 12.3. The van der Waals surface area contributed by atoms with Gasteiger partial charge >= 0.3 is 0 Å². The first-order valence-electron chi connectivity index (χ1n) is 7.82. The Labute approximate surface area is 117 Å². The molecule has 2 rings (SSSR count). The molecule has 2 aliphatic carbocycles. The quantitative estimate of drug-likeness (QED) is 0.826. The molecule has 2 N–H and O–H groups in total. The lowest BCUT2D eigenvalue weighted by atomic mass is 9.79. The van der Waals surface area contributed by atoms with Gasteiger partial charge in [0.25, 0.3) is 0 Å². The zero-order valence-electron chi connectivity index (χ0n) is 12.7. The van der Waals surface area contributed by atoms with Crippen LogP contribution in [0.3, 0.4) is 0 Å². The summed E-state index contributed by atoms with van der Waals surface area (Å²) in [7, 11) is 0. The van der Waals surface area contributed by atoms with Crippen molar-refractivity contribution in [1.82, 2.24) is 5.32 Å². The molecule has 2 saturated carbocycles. The molecule has 1 atom stereocenters. The second kappa shape index (κ2) is 5.43. The Kier molecular flexibility index (Phi) is 4.24. The van der Waals surface area contributed by atoms with E-state index in [0.717, 1.165) is 44.9 Å². The highest BCUT2D eigenvalue weighted by Gasteiger charge is 2.40. The predicted molar refractivity (Wildman–Crippen MR) is 76.7 cm³/mol. The van der Waals surface area contributed by atoms with E-state index in [1.807, 2.05) is 0 Å². The molecule has 0 heterocycles. The first kappa shape index (κ1) is 14.8. The fourth-order valence-electron chi connectivity index (χ4n) is 3.66. The lowest BCUT2D eigenvalue weighted by molar-refractivity contribution is -0.129. The molecule has 2 fully saturated rings. The minimum Gasteiger partial charge on any atom is -0.388 e.